The summed E-state index contributed by atoms with van der Waals surface area (Å²) in [6.07, 6.45) is 0.781. The Morgan fingerprint density at radius 1 is 1.43 bits per heavy atom. The minimum Gasteiger partial charge on any atom is -0.450 e. The van der Waals surface area contributed by atoms with Gasteiger partial charge in [0, 0.05) is 5.02 Å². The number of primary amides is 1. The third kappa shape index (κ3) is 3.66. The molecule has 14 heavy (non-hydrogen) atoms. The van der Waals surface area contributed by atoms with Gasteiger partial charge in [-0.3, -0.25) is 0 Å². The summed E-state index contributed by atoms with van der Waals surface area (Å²) in [4.78, 5) is 10.3. The van der Waals surface area contributed by atoms with Crippen molar-refractivity contribution in [3.05, 3.63) is 34.9 Å². The number of carbonyl (C=O) groups is 1. The molecule has 4 heteroatoms. The molecule has 1 amide bonds. The van der Waals surface area contributed by atoms with E-state index in [2.05, 4.69) is 4.74 Å². The van der Waals surface area contributed by atoms with E-state index < -0.39 is 6.09 Å². The molecule has 0 aliphatic rings. The lowest BCUT2D eigenvalue weighted by atomic mass is 10.1. The Balaban J connectivity index is 2.31. The van der Waals surface area contributed by atoms with E-state index in [1.54, 1.807) is 0 Å². The first-order valence-electron chi connectivity index (χ1n) is 4.36. The molecule has 0 aliphatic heterocycles. The van der Waals surface area contributed by atoms with E-state index in [1.807, 2.05) is 24.3 Å². The van der Waals surface area contributed by atoms with E-state index in [1.165, 1.54) is 0 Å². The maximum Gasteiger partial charge on any atom is 0.404 e. The van der Waals surface area contributed by atoms with Crippen LogP contribution in [0.15, 0.2) is 24.3 Å². The first kappa shape index (κ1) is 10.9. The van der Waals surface area contributed by atoms with Gasteiger partial charge in [0.2, 0.25) is 0 Å². The molecule has 0 atom stereocenters. The molecular formula is C10H12ClNO2. The standard InChI is InChI=1S/C10H12ClNO2/c11-9-6-2-1-4-8(9)5-3-7-14-10(12)13/h1-2,4,6H,3,5,7H2,(H2,12,13). The normalized spacial score (nSPS) is 9.79. The molecule has 76 valence electrons. The molecule has 0 saturated heterocycles. The molecule has 0 aliphatic carbocycles. The van der Waals surface area contributed by atoms with Crippen molar-refractivity contribution in [2.75, 3.05) is 6.61 Å². The van der Waals surface area contributed by atoms with E-state index in [4.69, 9.17) is 17.3 Å². The number of carbonyl (C=O) groups excluding carboxylic acids is 1. The summed E-state index contributed by atoms with van der Waals surface area (Å²) in [5, 5.41) is 0.742. The Bertz CT molecular complexity index is 315. The number of hydrogen-bond acceptors (Lipinski definition) is 2. The fourth-order valence-electron chi connectivity index (χ4n) is 1.14. The highest BCUT2D eigenvalue weighted by Gasteiger charge is 1.99. The zero-order valence-corrected chi connectivity index (χ0v) is 8.46. The molecule has 0 fully saturated rings. The number of aryl methyl sites for hydroxylation is 1. The predicted molar refractivity (Wildman–Crippen MR) is 55.3 cm³/mol. The Morgan fingerprint density at radius 2 is 2.14 bits per heavy atom. The SMILES string of the molecule is NC(=O)OCCCc1ccccc1Cl. The number of halogens is 1. The average molecular weight is 214 g/mol. The summed E-state index contributed by atoms with van der Waals surface area (Å²) < 4.78 is 4.60. The molecule has 0 radical (unpaired) electrons. The van der Waals surface area contributed by atoms with E-state index in [-0.39, 0.29) is 0 Å². The smallest absolute Gasteiger partial charge is 0.404 e. The second kappa shape index (κ2) is 5.50. The third-order valence-corrected chi connectivity index (χ3v) is 2.16. The maximum atomic E-state index is 10.3. The molecule has 0 unspecified atom stereocenters. The van der Waals surface area contributed by atoms with Crippen LogP contribution in [0.5, 0.6) is 0 Å². The Labute approximate surface area is 87.8 Å². The van der Waals surface area contributed by atoms with Crippen LogP contribution >= 0.6 is 11.6 Å². The van der Waals surface area contributed by atoms with Crippen LogP contribution in [0.2, 0.25) is 5.02 Å². The number of nitrogens with two attached hydrogens (primary N) is 1. The zero-order chi connectivity index (χ0) is 10.4. The van der Waals surface area contributed by atoms with Gasteiger partial charge in [0.25, 0.3) is 0 Å². The number of benzene rings is 1. The highest BCUT2D eigenvalue weighted by molar-refractivity contribution is 6.31. The second-order valence-electron chi connectivity index (χ2n) is 2.86. The highest BCUT2D eigenvalue weighted by atomic mass is 35.5. The van der Waals surface area contributed by atoms with Gasteiger partial charge in [-0.25, -0.2) is 4.79 Å². The Hall–Kier alpha value is -1.22. The predicted octanol–water partition coefficient (Wildman–Crippen LogP) is 2.37. The van der Waals surface area contributed by atoms with Crippen LogP contribution in [-0.4, -0.2) is 12.7 Å². The summed E-state index contributed by atoms with van der Waals surface area (Å²) in [5.41, 5.74) is 5.87. The lowest BCUT2D eigenvalue weighted by Crippen LogP contribution is -2.13. The molecule has 0 saturated carbocycles. The van der Waals surface area contributed by atoms with Crippen LogP contribution in [0.25, 0.3) is 0 Å². The fraction of sp³-hybridized carbons (Fsp3) is 0.300. The summed E-state index contributed by atoms with van der Waals surface area (Å²) in [6.45, 7) is 0.334. The average Bonchev–Trinajstić information content (AvgIpc) is 2.15. The minimum absolute atomic E-state index is 0.334. The van der Waals surface area contributed by atoms with Gasteiger partial charge in [-0.05, 0) is 24.5 Å². The van der Waals surface area contributed by atoms with Crippen LogP contribution in [-0.2, 0) is 11.2 Å². The molecule has 0 aromatic heterocycles. The van der Waals surface area contributed by atoms with Crippen LogP contribution in [0.1, 0.15) is 12.0 Å². The van der Waals surface area contributed by atoms with Crippen molar-refractivity contribution in [1.82, 2.24) is 0 Å². The van der Waals surface area contributed by atoms with Crippen LogP contribution in [0, 0.1) is 0 Å². The molecule has 1 rings (SSSR count). The maximum absolute atomic E-state index is 10.3. The summed E-state index contributed by atoms with van der Waals surface area (Å²) in [6, 6.07) is 7.60. The third-order valence-electron chi connectivity index (χ3n) is 1.79. The van der Waals surface area contributed by atoms with E-state index in [0.717, 1.165) is 23.4 Å². The highest BCUT2D eigenvalue weighted by Crippen LogP contribution is 2.16. The lowest BCUT2D eigenvalue weighted by molar-refractivity contribution is 0.155. The van der Waals surface area contributed by atoms with Crippen molar-refractivity contribution < 1.29 is 9.53 Å². The summed E-state index contributed by atoms with van der Waals surface area (Å²) in [5.74, 6) is 0. The minimum atomic E-state index is -0.732. The number of hydrogen-bond donors (Lipinski definition) is 1. The fourth-order valence-corrected chi connectivity index (χ4v) is 1.37. The first-order valence-corrected chi connectivity index (χ1v) is 4.73. The first-order chi connectivity index (χ1) is 6.70. The van der Waals surface area contributed by atoms with Gasteiger partial charge < -0.3 is 10.5 Å². The molecule has 2 N–H and O–H groups in total. The van der Waals surface area contributed by atoms with E-state index >= 15 is 0 Å². The molecule has 0 heterocycles. The second-order valence-corrected chi connectivity index (χ2v) is 3.27. The van der Waals surface area contributed by atoms with Crippen molar-refractivity contribution in [2.24, 2.45) is 5.73 Å². The van der Waals surface area contributed by atoms with Gasteiger partial charge in [-0.15, -0.1) is 0 Å². The van der Waals surface area contributed by atoms with Crippen molar-refractivity contribution in [2.45, 2.75) is 12.8 Å². The van der Waals surface area contributed by atoms with Gasteiger partial charge in [0.15, 0.2) is 0 Å². The van der Waals surface area contributed by atoms with E-state index in [9.17, 15) is 4.79 Å². The zero-order valence-electron chi connectivity index (χ0n) is 7.70. The molecular weight excluding hydrogens is 202 g/mol. The van der Waals surface area contributed by atoms with Crippen LogP contribution in [0.3, 0.4) is 0 Å². The number of rotatable bonds is 4. The molecule has 0 spiro atoms. The van der Waals surface area contributed by atoms with Crippen molar-refractivity contribution in [1.29, 1.82) is 0 Å². The van der Waals surface area contributed by atoms with Gasteiger partial charge in [-0.1, -0.05) is 29.8 Å². The van der Waals surface area contributed by atoms with Gasteiger partial charge in [0.05, 0.1) is 6.61 Å². The lowest BCUT2D eigenvalue weighted by Gasteiger charge is -2.03. The Kier molecular flexibility index (Phi) is 4.26. The van der Waals surface area contributed by atoms with Gasteiger partial charge in [-0.2, -0.15) is 0 Å². The molecule has 1 aromatic carbocycles. The quantitative estimate of drug-likeness (QED) is 0.781. The van der Waals surface area contributed by atoms with Crippen LogP contribution < -0.4 is 5.73 Å². The number of amides is 1. The molecule has 1 aromatic rings. The van der Waals surface area contributed by atoms with Crippen molar-refractivity contribution in [3.8, 4) is 0 Å². The van der Waals surface area contributed by atoms with Crippen LogP contribution in [0.4, 0.5) is 4.79 Å². The molecule has 3 nitrogen and oxygen atoms in total. The van der Waals surface area contributed by atoms with E-state index in [0.29, 0.717) is 6.61 Å². The summed E-state index contributed by atoms with van der Waals surface area (Å²) >= 11 is 5.93. The largest absolute Gasteiger partial charge is 0.450 e. The van der Waals surface area contributed by atoms with Gasteiger partial charge >= 0.3 is 6.09 Å². The topological polar surface area (TPSA) is 52.3 Å². The van der Waals surface area contributed by atoms with Crippen molar-refractivity contribution >= 4 is 17.7 Å². The Morgan fingerprint density at radius 3 is 2.79 bits per heavy atom. The number of ether oxygens (including phenoxy) is 1. The molecule has 0 bridgehead atoms. The monoisotopic (exact) mass is 213 g/mol. The van der Waals surface area contributed by atoms with Crippen molar-refractivity contribution in [3.63, 3.8) is 0 Å². The summed E-state index contributed by atoms with van der Waals surface area (Å²) in [7, 11) is 0. The van der Waals surface area contributed by atoms with Gasteiger partial charge in [0.1, 0.15) is 0 Å².